The standard InChI is InChI=1S/C12H23NO2S/c1-8(16-5)11(15)9(13)6-7-10(14)12(2,3)4/h8-9H,6-7,13H2,1-5H3. The highest BCUT2D eigenvalue weighted by Crippen LogP contribution is 2.19. The van der Waals surface area contributed by atoms with Gasteiger partial charge >= 0.3 is 0 Å². The third kappa shape index (κ3) is 5.12. The molecule has 0 aliphatic carbocycles. The topological polar surface area (TPSA) is 60.2 Å². The van der Waals surface area contributed by atoms with Gasteiger partial charge in [-0.2, -0.15) is 11.8 Å². The van der Waals surface area contributed by atoms with Crippen LogP contribution < -0.4 is 5.73 Å². The zero-order valence-corrected chi connectivity index (χ0v) is 11.7. The summed E-state index contributed by atoms with van der Waals surface area (Å²) in [5.74, 6) is 0.196. The maximum atomic E-state index is 11.7. The van der Waals surface area contributed by atoms with E-state index in [9.17, 15) is 9.59 Å². The van der Waals surface area contributed by atoms with Crippen LogP contribution in [0.5, 0.6) is 0 Å². The van der Waals surface area contributed by atoms with E-state index in [1.54, 1.807) is 0 Å². The molecular weight excluding hydrogens is 222 g/mol. The highest BCUT2D eigenvalue weighted by molar-refractivity contribution is 7.99. The second-order valence-corrected chi connectivity index (χ2v) is 6.28. The molecule has 0 spiro atoms. The van der Waals surface area contributed by atoms with Crippen LogP contribution in [0.3, 0.4) is 0 Å². The van der Waals surface area contributed by atoms with Crippen molar-refractivity contribution in [1.82, 2.24) is 0 Å². The summed E-state index contributed by atoms with van der Waals surface area (Å²) in [5, 5.41) is -0.0836. The molecule has 94 valence electrons. The number of hydrogen-bond acceptors (Lipinski definition) is 4. The quantitative estimate of drug-likeness (QED) is 0.778. The van der Waals surface area contributed by atoms with Crippen LogP contribution in [-0.4, -0.2) is 29.1 Å². The molecule has 2 N–H and O–H groups in total. The van der Waals surface area contributed by atoms with Gasteiger partial charge in [0.2, 0.25) is 0 Å². The Morgan fingerprint density at radius 3 is 2.19 bits per heavy atom. The molecule has 0 saturated heterocycles. The number of carbonyl (C=O) groups excluding carboxylic acids is 2. The van der Waals surface area contributed by atoms with Gasteiger partial charge in [0, 0.05) is 11.8 Å². The van der Waals surface area contributed by atoms with Gasteiger partial charge in [-0.05, 0) is 19.6 Å². The molecule has 3 nitrogen and oxygen atoms in total. The van der Waals surface area contributed by atoms with Crippen molar-refractivity contribution < 1.29 is 9.59 Å². The molecule has 0 radical (unpaired) electrons. The summed E-state index contributed by atoms with van der Waals surface area (Å²) in [7, 11) is 0. The molecule has 0 amide bonds. The summed E-state index contributed by atoms with van der Waals surface area (Å²) in [6, 6.07) is -0.506. The van der Waals surface area contributed by atoms with E-state index in [-0.39, 0.29) is 22.2 Å². The first-order chi connectivity index (χ1) is 7.20. The van der Waals surface area contributed by atoms with Gasteiger partial charge < -0.3 is 5.73 Å². The van der Waals surface area contributed by atoms with E-state index >= 15 is 0 Å². The van der Waals surface area contributed by atoms with Crippen LogP contribution in [0.1, 0.15) is 40.5 Å². The van der Waals surface area contributed by atoms with Gasteiger partial charge in [0.15, 0.2) is 5.78 Å². The Labute approximate surface area is 103 Å². The second-order valence-electron chi connectivity index (χ2n) is 5.10. The predicted octanol–water partition coefficient (Wildman–Crippen LogP) is 2.03. The third-order valence-electron chi connectivity index (χ3n) is 2.64. The lowest BCUT2D eigenvalue weighted by molar-refractivity contribution is -0.126. The lowest BCUT2D eigenvalue weighted by atomic mass is 9.87. The molecule has 0 saturated carbocycles. The molecule has 2 atom stereocenters. The van der Waals surface area contributed by atoms with Crippen LogP contribution in [0, 0.1) is 5.41 Å². The smallest absolute Gasteiger partial charge is 0.162 e. The van der Waals surface area contributed by atoms with Crippen LogP contribution in [0.2, 0.25) is 0 Å². The van der Waals surface area contributed by atoms with E-state index in [1.165, 1.54) is 11.8 Å². The number of nitrogens with two attached hydrogens (primary N) is 1. The normalized spacial score (nSPS) is 15.6. The molecule has 0 aliphatic heterocycles. The molecule has 0 heterocycles. The van der Waals surface area contributed by atoms with Gasteiger partial charge in [-0.3, -0.25) is 9.59 Å². The highest BCUT2D eigenvalue weighted by Gasteiger charge is 2.24. The molecule has 0 aromatic heterocycles. The van der Waals surface area contributed by atoms with Crippen molar-refractivity contribution in [3.63, 3.8) is 0 Å². The zero-order valence-electron chi connectivity index (χ0n) is 10.9. The molecule has 2 unspecified atom stereocenters. The number of ketones is 2. The van der Waals surface area contributed by atoms with Crippen LogP contribution in [0.15, 0.2) is 0 Å². The van der Waals surface area contributed by atoms with E-state index in [2.05, 4.69) is 0 Å². The molecule has 16 heavy (non-hydrogen) atoms. The second kappa shape index (κ2) is 6.40. The fourth-order valence-corrected chi connectivity index (χ4v) is 1.63. The van der Waals surface area contributed by atoms with Crippen LogP contribution >= 0.6 is 11.8 Å². The molecular formula is C12H23NO2S. The maximum absolute atomic E-state index is 11.7. The van der Waals surface area contributed by atoms with Crippen molar-refractivity contribution in [3.05, 3.63) is 0 Å². The highest BCUT2D eigenvalue weighted by atomic mass is 32.2. The Kier molecular flexibility index (Phi) is 6.26. The predicted molar refractivity (Wildman–Crippen MR) is 69.7 cm³/mol. The minimum atomic E-state index is -0.506. The Balaban J connectivity index is 4.13. The van der Waals surface area contributed by atoms with Gasteiger partial charge in [-0.1, -0.05) is 20.8 Å². The molecule has 0 bridgehead atoms. The summed E-state index contributed by atoms with van der Waals surface area (Å²) in [6.45, 7) is 7.49. The Hall–Kier alpha value is -0.350. The van der Waals surface area contributed by atoms with Crippen LogP contribution in [-0.2, 0) is 9.59 Å². The average Bonchev–Trinajstić information content (AvgIpc) is 2.21. The lowest BCUT2D eigenvalue weighted by Gasteiger charge is -2.19. The number of Topliss-reactive ketones (excluding diaryl/α,β-unsaturated/α-hetero) is 2. The third-order valence-corrected chi connectivity index (χ3v) is 3.58. The Morgan fingerprint density at radius 2 is 1.81 bits per heavy atom. The molecule has 0 aromatic carbocycles. The first-order valence-electron chi connectivity index (χ1n) is 5.55. The van der Waals surface area contributed by atoms with Gasteiger partial charge in [0.25, 0.3) is 0 Å². The van der Waals surface area contributed by atoms with Crippen molar-refractivity contribution in [3.8, 4) is 0 Å². The van der Waals surface area contributed by atoms with Crippen molar-refractivity contribution >= 4 is 23.3 Å². The summed E-state index contributed by atoms with van der Waals surface area (Å²) in [5.41, 5.74) is 5.43. The molecule has 0 aromatic rings. The van der Waals surface area contributed by atoms with Gasteiger partial charge in [0.05, 0.1) is 11.3 Å². The van der Waals surface area contributed by atoms with E-state index in [1.807, 2.05) is 34.0 Å². The minimum absolute atomic E-state index is 0.0363. The Bertz CT molecular complexity index is 258. The fraction of sp³-hybridized carbons (Fsp3) is 0.833. The SMILES string of the molecule is CSC(C)C(=O)C(N)CCC(=O)C(C)(C)C. The van der Waals surface area contributed by atoms with Crippen molar-refractivity contribution in [2.45, 2.75) is 51.8 Å². The summed E-state index contributed by atoms with van der Waals surface area (Å²) in [6.07, 6.45) is 2.73. The van der Waals surface area contributed by atoms with E-state index < -0.39 is 6.04 Å². The van der Waals surface area contributed by atoms with Gasteiger partial charge in [-0.25, -0.2) is 0 Å². The monoisotopic (exact) mass is 245 g/mol. The number of rotatable bonds is 6. The van der Waals surface area contributed by atoms with Gasteiger partial charge in [0.1, 0.15) is 5.78 Å². The summed E-state index contributed by atoms with van der Waals surface area (Å²) < 4.78 is 0. The van der Waals surface area contributed by atoms with Crippen LogP contribution in [0.4, 0.5) is 0 Å². The molecule has 0 rings (SSSR count). The van der Waals surface area contributed by atoms with Crippen molar-refractivity contribution in [1.29, 1.82) is 0 Å². The summed E-state index contributed by atoms with van der Waals surface area (Å²) in [4.78, 5) is 23.3. The number of thioether (sulfide) groups is 1. The number of hydrogen-bond donors (Lipinski definition) is 1. The first kappa shape index (κ1) is 15.7. The molecule has 4 heteroatoms. The Morgan fingerprint density at radius 1 is 1.31 bits per heavy atom. The van der Waals surface area contributed by atoms with Gasteiger partial charge in [-0.15, -0.1) is 0 Å². The zero-order chi connectivity index (χ0) is 12.9. The summed E-state index contributed by atoms with van der Waals surface area (Å²) >= 11 is 1.49. The van der Waals surface area contributed by atoms with Crippen molar-refractivity contribution in [2.75, 3.05) is 6.26 Å². The average molecular weight is 245 g/mol. The molecule has 0 aliphatic rings. The maximum Gasteiger partial charge on any atom is 0.162 e. The minimum Gasteiger partial charge on any atom is -0.321 e. The van der Waals surface area contributed by atoms with Crippen LogP contribution in [0.25, 0.3) is 0 Å². The van der Waals surface area contributed by atoms with E-state index in [4.69, 9.17) is 5.73 Å². The van der Waals surface area contributed by atoms with E-state index in [0.29, 0.717) is 12.8 Å². The first-order valence-corrected chi connectivity index (χ1v) is 6.84. The molecule has 0 fully saturated rings. The number of carbonyl (C=O) groups is 2. The largest absolute Gasteiger partial charge is 0.321 e. The lowest BCUT2D eigenvalue weighted by Crippen LogP contribution is -2.37. The van der Waals surface area contributed by atoms with E-state index in [0.717, 1.165) is 0 Å². The fourth-order valence-electron chi connectivity index (χ4n) is 1.22. The van der Waals surface area contributed by atoms with Crippen molar-refractivity contribution in [2.24, 2.45) is 11.1 Å².